The number of hydrogen-bond acceptors (Lipinski definition) is 4. The molecule has 0 aliphatic heterocycles. The molecular weight excluding hydrogens is 431 g/mol. The van der Waals surface area contributed by atoms with Gasteiger partial charge in [-0.2, -0.15) is 0 Å². The first-order chi connectivity index (χ1) is 16.5. The summed E-state index contributed by atoms with van der Waals surface area (Å²) in [5.41, 5.74) is 5.75. The number of nitrogens with one attached hydrogen (secondary N) is 1. The molecule has 1 unspecified atom stereocenters. The molecule has 2 aromatic carbocycles. The maximum atomic E-state index is 13.3. The number of halogens is 1. The van der Waals surface area contributed by atoms with Gasteiger partial charge in [0.2, 0.25) is 0 Å². The van der Waals surface area contributed by atoms with Gasteiger partial charge in [-0.3, -0.25) is 14.0 Å². The van der Waals surface area contributed by atoms with E-state index < -0.39 is 6.10 Å². The van der Waals surface area contributed by atoms with Crippen molar-refractivity contribution >= 4 is 11.6 Å². The SMILES string of the molecule is CN(C)CCC(ONC(=O)c1ccccc1)c1nc2ccccn2c1C#Cc1ccc(F)cc1. The summed E-state index contributed by atoms with van der Waals surface area (Å²) in [6, 6.07) is 20.6. The van der Waals surface area contributed by atoms with Crippen molar-refractivity contribution in [1.82, 2.24) is 19.8 Å². The van der Waals surface area contributed by atoms with E-state index in [1.165, 1.54) is 12.1 Å². The Kier molecular flexibility index (Phi) is 7.33. The highest BCUT2D eigenvalue weighted by Gasteiger charge is 2.23. The van der Waals surface area contributed by atoms with Gasteiger partial charge in [-0.05, 0) is 75.0 Å². The number of nitrogens with zero attached hydrogens (tertiary/aromatic N) is 3. The number of fused-ring (bicyclic) bond motifs is 1. The van der Waals surface area contributed by atoms with E-state index in [9.17, 15) is 9.18 Å². The van der Waals surface area contributed by atoms with Crippen molar-refractivity contribution in [2.24, 2.45) is 0 Å². The van der Waals surface area contributed by atoms with Crippen LogP contribution < -0.4 is 5.48 Å². The average Bonchev–Trinajstić information content (AvgIpc) is 3.22. The molecule has 1 amide bonds. The first-order valence-electron chi connectivity index (χ1n) is 10.9. The van der Waals surface area contributed by atoms with E-state index in [1.807, 2.05) is 53.9 Å². The summed E-state index contributed by atoms with van der Waals surface area (Å²) in [4.78, 5) is 25.3. The minimum Gasteiger partial charge on any atom is -0.309 e. The van der Waals surface area contributed by atoms with Crippen LogP contribution in [0.25, 0.3) is 5.65 Å². The minimum atomic E-state index is -0.535. The van der Waals surface area contributed by atoms with E-state index in [1.54, 1.807) is 36.4 Å². The lowest BCUT2D eigenvalue weighted by Gasteiger charge is -2.19. The molecule has 0 aliphatic carbocycles. The number of rotatable bonds is 7. The van der Waals surface area contributed by atoms with Crippen molar-refractivity contribution in [3.05, 3.63) is 107 Å². The molecule has 0 aliphatic rings. The van der Waals surface area contributed by atoms with Gasteiger partial charge in [0.1, 0.15) is 29.0 Å². The van der Waals surface area contributed by atoms with Gasteiger partial charge >= 0.3 is 0 Å². The molecular formula is C27H25FN4O2. The maximum absolute atomic E-state index is 13.3. The highest BCUT2D eigenvalue weighted by Crippen LogP contribution is 2.25. The van der Waals surface area contributed by atoms with E-state index in [4.69, 9.17) is 9.82 Å². The third-order valence-electron chi connectivity index (χ3n) is 5.20. The lowest BCUT2D eigenvalue weighted by Crippen LogP contribution is -2.28. The molecule has 0 fully saturated rings. The standard InChI is InChI=1S/C27H25FN4O2/c1-31(2)19-17-24(34-30-27(33)21-8-4-3-5-9-21)26-23(32-18-7-6-10-25(32)29-26)16-13-20-11-14-22(28)15-12-20/h3-12,14-15,18,24H,17,19H2,1-2H3,(H,30,33). The number of hydroxylamine groups is 1. The topological polar surface area (TPSA) is 58.9 Å². The Morgan fingerprint density at radius 2 is 1.79 bits per heavy atom. The van der Waals surface area contributed by atoms with E-state index in [-0.39, 0.29) is 11.7 Å². The Morgan fingerprint density at radius 1 is 1.06 bits per heavy atom. The second-order valence-corrected chi connectivity index (χ2v) is 8.03. The van der Waals surface area contributed by atoms with Crippen molar-refractivity contribution in [1.29, 1.82) is 0 Å². The van der Waals surface area contributed by atoms with Crippen LogP contribution in [0, 0.1) is 17.7 Å². The Balaban J connectivity index is 1.68. The van der Waals surface area contributed by atoms with E-state index >= 15 is 0 Å². The maximum Gasteiger partial charge on any atom is 0.274 e. The van der Waals surface area contributed by atoms with Crippen LogP contribution in [0.5, 0.6) is 0 Å². The molecule has 34 heavy (non-hydrogen) atoms. The second kappa shape index (κ2) is 10.8. The number of carbonyl (C=O) groups excluding carboxylic acids is 1. The predicted octanol–water partition coefficient (Wildman–Crippen LogP) is 4.23. The third-order valence-corrected chi connectivity index (χ3v) is 5.20. The molecule has 1 N–H and O–H groups in total. The fourth-order valence-electron chi connectivity index (χ4n) is 3.43. The van der Waals surface area contributed by atoms with Crippen molar-refractivity contribution in [3.63, 3.8) is 0 Å². The molecule has 6 nitrogen and oxygen atoms in total. The highest BCUT2D eigenvalue weighted by atomic mass is 19.1. The number of aromatic nitrogens is 2. The summed E-state index contributed by atoms with van der Waals surface area (Å²) in [6.45, 7) is 0.713. The normalized spacial score (nSPS) is 11.8. The zero-order valence-corrected chi connectivity index (χ0v) is 19.0. The largest absolute Gasteiger partial charge is 0.309 e. The van der Waals surface area contributed by atoms with Gasteiger partial charge in [0.25, 0.3) is 5.91 Å². The number of imidazole rings is 1. The Hall–Kier alpha value is -3.99. The van der Waals surface area contributed by atoms with Crippen LogP contribution in [0.2, 0.25) is 0 Å². The zero-order chi connectivity index (χ0) is 23.9. The quantitative estimate of drug-likeness (QED) is 0.334. The number of carbonyl (C=O) groups is 1. The molecule has 2 heterocycles. The minimum absolute atomic E-state index is 0.313. The Morgan fingerprint density at radius 3 is 2.53 bits per heavy atom. The number of benzene rings is 2. The fourth-order valence-corrected chi connectivity index (χ4v) is 3.43. The van der Waals surface area contributed by atoms with Gasteiger partial charge < -0.3 is 4.90 Å². The van der Waals surface area contributed by atoms with Crippen molar-refractivity contribution in [3.8, 4) is 11.8 Å². The van der Waals surface area contributed by atoms with Gasteiger partial charge in [0.15, 0.2) is 0 Å². The summed E-state index contributed by atoms with van der Waals surface area (Å²) in [6.07, 6.45) is 1.93. The summed E-state index contributed by atoms with van der Waals surface area (Å²) >= 11 is 0. The van der Waals surface area contributed by atoms with Crippen molar-refractivity contribution < 1.29 is 14.0 Å². The Bertz CT molecular complexity index is 1320. The highest BCUT2D eigenvalue weighted by molar-refractivity contribution is 5.93. The van der Waals surface area contributed by atoms with Crippen molar-refractivity contribution in [2.75, 3.05) is 20.6 Å². The molecule has 7 heteroatoms. The van der Waals surface area contributed by atoms with Crippen LogP contribution >= 0.6 is 0 Å². The van der Waals surface area contributed by atoms with Crippen LogP contribution in [0.4, 0.5) is 4.39 Å². The van der Waals surface area contributed by atoms with Crippen LogP contribution in [0.1, 0.15) is 39.8 Å². The zero-order valence-electron chi connectivity index (χ0n) is 19.0. The van der Waals surface area contributed by atoms with Crippen LogP contribution in [-0.4, -0.2) is 40.8 Å². The van der Waals surface area contributed by atoms with E-state index in [2.05, 4.69) is 17.3 Å². The van der Waals surface area contributed by atoms with Crippen LogP contribution in [-0.2, 0) is 4.84 Å². The Labute approximate surface area is 198 Å². The molecule has 0 saturated carbocycles. The average molecular weight is 457 g/mol. The van der Waals surface area contributed by atoms with Gasteiger partial charge in [0.05, 0.1) is 0 Å². The van der Waals surface area contributed by atoms with Crippen LogP contribution in [0.3, 0.4) is 0 Å². The lowest BCUT2D eigenvalue weighted by molar-refractivity contribution is -0.0251. The summed E-state index contributed by atoms with van der Waals surface area (Å²) in [7, 11) is 3.94. The monoisotopic (exact) mass is 456 g/mol. The van der Waals surface area contributed by atoms with Gasteiger partial charge in [-0.25, -0.2) is 14.9 Å². The van der Waals surface area contributed by atoms with E-state index in [0.29, 0.717) is 41.1 Å². The molecule has 0 saturated heterocycles. The summed E-state index contributed by atoms with van der Waals surface area (Å²) < 4.78 is 15.2. The predicted molar refractivity (Wildman–Crippen MR) is 128 cm³/mol. The van der Waals surface area contributed by atoms with Gasteiger partial charge in [0, 0.05) is 23.9 Å². The van der Waals surface area contributed by atoms with Crippen molar-refractivity contribution in [2.45, 2.75) is 12.5 Å². The summed E-state index contributed by atoms with van der Waals surface area (Å²) in [5, 5.41) is 0. The lowest BCUT2D eigenvalue weighted by atomic mass is 10.1. The summed E-state index contributed by atoms with van der Waals surface area (Å²) in [5.74, 6) is 5.62. The fraction of sp³-hybridized carbons (Fsp3) is 0.185. The molecule has 0 bridgehead atoms. The van der Waals surface area contributed by atoms with Crippen LogP contribution in [0.15, 0.2) is 79.0 Å². The number of hydrogen-bond donors (Lipinski definition) is 1. The smallest absolute Gasteiger partial charge is 0.274 e. The number of pyridine rings is 1. The molecule has 1 atom stereocenters. The van der Waals surface area contributed by atoms with Gasteiger partial charge in [-0.1, -0.05) is 30.2 Å². The molecule has 172 valence electrons. The molecule has 4 rings (SSSR count). The molecule has 2 aromatic heterocycles. The molecule has 0 radical (unpaired) electrons. The van der Waals surface area contributed by atoms with Gasteiger partial charge in [-0.15, -0.1) is 0 Å². The number of amides is 1. The molecule has 4 aromatic rings. The second-order valence-electron chi connectivity index (χ2n) is 8.03. The molecule has 0 spiro atoms. The first-order valence-corrected chi connectivity index (χ1v) is 10.9. The van der Waals surface area contributed by atoms with E-state index in [0.717, 1.165) is 0 Å². The first kappa shape index (κ1) is 23.2. The third kappa shape index (κ3) is 5.67.